The van der Waals surface area contributed by atoms with Crippen LogP contribution < -0.4 is 4.57 Å². The molecule has 0 aliphatic heterocycles. The van der Waals surface area contributed by atoms with E-state index in [0.717, 1.165) is 0 Å². The number of imidazole rings is 1. The summed E-state index contributed by atoms with van der Waals surface area (Å²) < 4.78 is 5.18. The van der Waals surface area contributed by atoms with E-state index in [1.807, 2.05) is 0 Å². The van der Waals surface area contributed by atoms with E-state index in [4.69, 9.17) is 0 Å². The van der Waals surface area contributed by atoms with Crippen molar-refractivity contribution in [3.8, 4) is 0 Å². The quantitative estimate of drug-likeness (QED) is 0.120. The molecule has 0 saturated heterocycles. The van der Waals surface area contributed by atoms with Gasteiger partial charge in [0, 0.05) is 6.42 Å². The fourth-order valence-corrected chi connectivity index (χ4v) is 4.73. The lowest BCUT2D eigenvalue weighted by atomic mass is 10.1. The van der Waals surface area contributed by atoms with Crippen molar-refractivity contribution in [2.45, 2.75) is 169 Å². The third-order valence-electron chi connectivity index (χ3n) is 6.85. The largest absolute Gasteiger partial charge is 0.256 e. The highest BCUT2D eigenvalue weighted by atomic mass is 15.1. The first-order valence-electron chi connectivity index (χ1n) is 14.4. The van der Waals surface area contributed by atoms with E-state index in [1.54, 1.807) is 5.82 Å². The summed E-state index contributed by atoms with van der Waals surface area (Å²) in [6.45, 7) is 9.36. The Morgan fingerprint density at radius 3 is 1.55 bits per heavy atom. The topological polar surface area (TPSA) is 8.81 Å². The van der Waals surface area contributed by atoms with Gasteiger partial charge in [-0.25, -0.2) is 9.13 Å². The second-order valence-electron chi connectivity index (χ2n) is 9.86. The van der Waals surface area contributed by atoms with Gasteiger partial charge in [0.1, 0.15) is 12.4 Å². The Bertz CT molecular complexity index is 491. The van der Waals surface area contributed by atoms with Gasteiger partial charge >= 0.3 is 0 Å². The van der Waals surface area contributed by atoms with Crippen molar-refractivity contribution in [2.75, 3.05) is 0 Å². The molecular weight excluding hydrogens is 376 g/mol. The molecule has 31 heavy (non-hydrogen) atoms. The molecule has 0 bridgehead atoms. The molecule has 0 amide bonds. The first-order chi connectivity index (χ1) is 15.3. The van der Waals surface area contributed by atoms with E-state index in [9.17, 15) is 0 Å². The van der Waals surface area contributed by atoms with Crippen LogP contribution in [0, 0.1) is 0 Å². The number of hydrogen-bond donors (Lipinski definition) is 0. The summed E-state index contributed by atoms with van der Waals surface area (Å²) in [4.78, 5) is 0. The van der Waals surface area contributed by atoms with Crippen LogP contribution in [-0.4, -0.2) is 4.57 Å². The maximum absolute atomic E-state index is 2.60. The van der Waals surface area contributed by atoms with Gasteiger partial charge in [-0.2, -0.15) is 0 Å². The third-order valence-corrected chi connectivity index (χ3v) is 6.85. The van der Waals surface area contributed by atoms with Crippen LogP contribution >= 0.6 is 0 Å². The van der Waals surface area contributed by atoms with Crippen LogP contribution in [0.1, 0.15) is 155 Å². The van der Waals surface area contributed by atoms with Crippen LogP contribution in [-0.2, 0) is 19.5 Å². The number of hydrogen-bond acceptors (Lipinski definition) is 0. The molecule has 0 spiro atoms. The molecule has 0 atom stereocenters. The van der Waals surface area contributed by atoms with Crippen LogP contribution in [0.4, 0.5) is 0 Å². The fraction of sp³-hybridized carbons (Fsp3) is 0.897. The van der Waals surface area contributed by atoms with E-state index in [1.165, 1.54) is 148 Å². The van der Waals surface area contributed by atoms with Crippen LogP contribution in [0.25, 0.3) is 0 Å². The maximum Gasteiger partial charge on any atom is 0.256 e. The minimum Gasteiger partial charge on any atom is -0.234 e. The smallest absolute Gasteiger partial charge is 0.234 e. The van der Waals surface area contributed by atoms with E-state index < -0.39 is 0 Å². The van der Waals surface area contributed by atoms with Gasteiger partial charge in [-0.1, -0.05) is 117 Å². The van der Waals surface area contributed by atoms with Crippen molar-refractivity contribution in [2.24, 2.45) is 0 Å². The number of rotatable bonds is 23. The second kappa shape index (κ2) is 21.1. The molecule has 182 valence electrons. The molecule has 0 saturated carbocycles. The van der Waals surface area contributed by atoms with E-state index in [2.05, 4.69) is 42.3 Å². The standard InChI is InChI=1S/C29H57N2/c1-4-7-10-13-15-16-18-20-23-26-31-28-27-30(25-22-12-9-6-3)29(31)24-21-19-17-14-11-8-5-2/h27-28H,4-26H2,1-3H3/q+1. The zero-order valence-corrected chi connectivity index (χ0v) is 21.8. The monoisotopic (exact) mass is 433 g/mol. The summed E-state index contributed by atoms with van der Waals surface area (Å²) in [5.74, 6) is 1.60. The van der Waals surface area contributed by atoms with Crippen molar-refractivity contribution in [3.05, 3.63) is 18.2 Å². The molecular formula is C29H57N2+. The molecule has 1 heterocycles. The number of aromatic nitrogens is 2. The first-order valence-corrected chi connectivity index (χ1v) is 14.4. The zero-order chi connectivity index (χ0) is 22.4. The molecule has 0 aliphatic carbocycles. The van der Waals surface area contributed by atoms with Crippen molar-refractivity contribution in [3.63, 3.8) is 0 Å². The van der Waals surface area contributed by atoms with Crippen molar-refractivity contribution in [1.82, 2.24) is 4.57 Å². The van der Waals surface area contributed by atoms with Crippen LogP contribution in [0.3, 0.4) is 0 Å². The van der Waals surface area contributed by atoms with E-state index in [-0.39, 0.29) is 0 Å². The highest BCUT2D eigenvalue weighted by Crippen LogP contribution is 2.12. The third kappa shape index (κ3) is 14.8. The zero-order valence-electron chi connectivity index (χ0n) is 21.8. The van der Waals surface area contributed by atoms with E-state index in [0.29, 0.717) is 0 Å². The predicted molar refractivity (Wildman–Crippen MR) is 138 cm³/mol. The molecule has 0 aliphatic rings. The average molecular weight is 434 g/mol. The number of aryl methyl sites for hydroxylation is 2. The van der Waals surface area contributed by atoms with Crippen LogP contribution in [0.2, 0.25) is 0 Å². The van der Waals surface area contributed by atoms with Crippen LogP contribution in [0.15, 0.2) is 12.4 Å². The summed E-state index contributed by atoms with van der Waals surface area (Å²) in [5.41, 5.74) is 0. The summed E-state index contributed by atoms with van der Waals surface area (Å²) >= 11 is 0. The summed E-state index contributed by atoms with van der Waals surface area (Å²) in [6, 6.07) is 0. The lowest BCUT2D eigenvalue weighted by Crippen LogP contribution is -2.37. The van der Waals surface area contributed by atoms with Crippen molar-refractivity contribution >= 4 is 0 Å². The van der Waals surface area contributed by atoms with Gasteiger partial charge < -0.3 is 0 Å². The average Bonchev–Trinajstić information content (AvgIpc) is 3.16. The normalized spacial score (nSPS) is 11.5. The van der Waals surface area contributed by atoms with Gasteiger partial charge in [0.2, 0.25) is 0 Å². The Morgan fingerprint density at radius 2 is 1.00 bits per heavy atom. The SMILES string of the molecule is CCCCCCCCCCC[n+]1ccn(CCCCCC)c1CCCCCCCCC. The van der Waals surface area contributed by atoms with Gasteiger partial charge in [-0.15, -0.1) is 0 Å². The Labute approximate surface area is 196 Å². The Morgan fingerprint density at radius 1 is 0.548 bits per heavy atom. The molecule has 2 nitrogen and oxygen atoms in total. The number of nitrogens with zero attached hydrogens (tertiary/aromatic N) is 2. The van der Waals surface area contributed by atoms with Gasteiger partial charge in [-0.3, -0.25) is 0 Å². The highest BCUT2D eigenvalue weighted by molar-refractivity contribution is 4.84. The summed E-state index contributed by atoms with van der Waals surface area (Å²) in [7, 11) is 0. The molecule has 1 aromatic heterocycles. The van der Waals surface area contributed by atoms with Crippen LogP contribution in [0.5, 0.6) is 0 Å². The highest BCUT2D eigenvalue weighted by Gasteiger charge is 2.16. The van der Waals surface area contributed by atoms with Gasteiger partial charge in [-0.05, 0) is 32.1 Å². The summed E-state index contributed by atoms with van der Waals surface area (Å²) in [5, 5.41) is 0. The minimum atomic E-state index is 1.22. The summed E-state index contributed by atoms with van der Waals surface area (Å²) in [6.07, 6.45) is 34.0. The lowest BCUT2D eigenvalue weighted by Gasteiger charge is -2.07. The molecule has 0 aromatic carbocycles. The van der Waals surface area contributed by atoms with Gasteiger partial charge in [0.05, 0.1) is 13.1 Å². The Hall–Kier alpha value is -0.790. The molecule has 0 N–H and O–H groups in total. The van der Waals surface area contributed by atoms with Gasteiger partial charge in [0.25, 0.3) is 5.82 Å². The Kier molecular flexibility index (Phi) is 19.2. The maximum atomic E-state index is 2.60. The number of unbranched alkanes of at least 4 members (excludes halogenated alkanes) is 17. The molecule has 2 heteroatoms. The lowest BCUT2D eigenvalue weighted by molar-refractivity contribution is -0.704. The molecule has 1 aromatic rings. The van der Waals surface area contributed by atoms with Crippen molar-refractivity contribution in [1.29, 1.82) is 0 Å². The predicted octanol–water partition coefficient (Wildman–Crippen LogP) is 9.18. The molecule has 0 radical (unpaired) electrons. The minimum absolute atomic E-state index is 1.22. The first kappa shape index (κ1) is 28.2. The fourth-order valence-electron chi connectivity index (χ4n) is 4.73. The molecule has 0 unspecified atom stereocenters. The molecule has 0 fully saturated rings. The second-order valence-corrected chi connectivity index (χ2v) is 9.86. The van der Waals surface area contributed by atoms with Crippen molar-refractivity contribution < 1.29 is 4.57 Å². The van der Waals surface area contributed by atoms with E-state index >= 15 is 0 Å². The Balaban J connectivity index is 2.35. The molecule has 1 rings (SSSR count). The van der Waals surface area contributed by atoms with Gasteiger partial charge in [0.15, 0.2) is 0 Å².